The summed E-state index contributed by atoms with van der Waals surface area (Å²) in [6, 6.07) is 12.7. The Balaban J connectivity index is 2.38. The van der Waals surface area contributed by atoms with E-state index >= 15 is 0 Å². The van der Waals surface area contributed by atoms with Crippen LogP contribution in [0.4, 0.5) is 5.69 Å². The van der Waals surface area contributed by atoms with Crippen LogP contribution in [0, 0.1) is 0 Å². The molecule has 0 saturated carbocycles. The van der Waals surface area contributed by atoms with Gasteiger partial charge in [-0.05, 0) is 19.1 Å². The summed E-state index contributed by atoms with van der Waals surface area (Å²) >= 11 is 6.40. The van der Waals surface area contributed by atoms with Gasteiger partial charge < -0.3 is 5.11 Å². The zero-order valence-electron chi connectivity index (χ0n) is 10.8. The third kappa shape index (κ3) is 3.10. The molecule has 1 atom stereocenters. The minimum Gasteiger partial charge on any atom is -0.506 e. The Morgan fingerprint density at radius 1 is 1.21 bits per heavy atom. The zero-order chi connectivity index (χ0) is 13.9. The van der Waals surface area contributed by atoms with Crippen LogP contribution in [0.2, 0.25) is 0 Å². The number of benzene rings is 1. The number of halogens is 1. The van der Waals surface area contributed by atoms with Crippen molar-refractivity contribution in [2.75, 3.05) is 7.05 Å². The largest absolute Gasteiger partial charge is 0.506 e. The zero-order valence-corrected chi connectivity index (χ0v) is 11.5. The first-order valence-electron chi connectivity index (χ1n) is 5.83. The lowest BCUT2D eigenvalue weighted by molar-refractivity contribution is 0.470. The van der Waals surface area contributed by atoms with Crippen molar-refractivity contribution >= 4 is 23.2 Å². The highest BCUT2D eigenvalue weighted by Crippen LogP contribution is 2.25. The Morgan fingerprint density at radius 3 is 2.53 bits per heavy atom. The van der Waals surface area contributed by atoms with Crippen molar-refractivity contribution in [1.29, 1.82) is 0 Å². The highest BCUT2D eigenvalue weighted by molar-refractivity contribution is 6.21. The molecule has 0 bridgehead atoms. The fraction of sp³-hybridized carbons (Fsp3) is 0.143. The first-order chi connectivity index (χ1) is 9.00. The predicted molar refractivity (Wildman–Crippen MR) is 78.1 cm³/mol. The number of rotatable bonds is 3. The Morgan fingerprint density at radius 2 is 1.89 bits per heavy atom. The third-order valence-corrected chi connectivity index (χ3v) is 2.97. The number of hydrogen-bond donors (Lipinski definition) is 1. The van der Waals surface area contributed by atoms with E-state index in [1.165, 1.54) is 0 Å². The average Bonchev–Trinajstić information content (AvgIpc) is 2.39. The Hall–Kier alpha value is -1.91. The molecule has 2 rings (SSSR count). The van der Waals surface area contributed by atoms with Crippen LogP contribution in [0.25, 0.3) is 0 Å². The van der Waals surface area contributed by atoms with E-state index in [4.69, 9.17) is 11.8 Å². The highest BCUT2D eigenvalue weighted by Gasteiger charge is 2.24. The molecule has 1 aromatic heterocycles. The van der Waals surface area contributed by atoms with E-state index in [9.17, 15) is 5.11 Å². The molecule has 0 aliphatic heterocycles. The second kappa shape index (κ2) is 5.38. The van der Waals surface area contributed by atoms with Crippen molar-refractivity contribution < 1.29 is 5.11 Å². The Labute approximate surface area is 117 Å². The number of para-hydroxylation sites is 1. The summed E-state index contributed by atoms with van der Waals surface area (Å²) in [4.78, 5) is 4.11. The van der Waals surface area contributed by atoms with E-state index in [0.717, 1.165) is 5.69 Å². The van der Waals surface area contributed by atoms with E-state index in [-0.39, 0.29) is 9.86 Å². The molecule has 2 aromatic rings. The fourth-order valence-electron chi connectivity index (χ4n) is 1.76. The molecule has 19 heavy (non-hydrogen) atoms. The molecular weight excluding hydrogens is 262 g/mol. The lowest BCUT2D eigenvalue weighted by Crippen LogP contribution is -2.28. The van der Waals surface area contributed by atoms with Crippen LogP contribution in [-0.4, -0.2) is 22.8 Å². The smallest absolute Gasteiger partial charge is 0.203 e. The summed E-state index contributed by atoms with van der Waals surface area (Å²) in [7, 11) is 1.75. The molecular formula is C14H15ClN3O+. The van der Waals surface area contributed by atoms with Gasteiger partial charge in [0.05, 0.1) is 0 Å². The first-order valence-corrected chi connectivity index (χ1v) is 6.17. The molecule has 4 nitrogen and oxygen atoms in total. The molecule has 0 amide bonds. The van der Waals surface area contributed by atoms with Crippen LogP contribution in [0.5, 0.6) is 5.75 Å². The van der Waals surface area contributed by atoms with E-state index in [1.807, 2.05) is 30.3 Å². The minimum absolute atomic E-state index is 0.0912. The quantitative estimate of drug-likeness (QED) is 0.531. The fourth-order valence-corrected chi connectivity index (χ4v) is 1.99. The molecule has 1 N–H and O–H groups in total. The third-order valence-electron chi connectivity index (χ3n) is 2.69. The van der Waals surface area contributed by atoms with E-state index < -0.39 is 0 Å². The van der Waals surface area contributed by atoms with Crippen LogP contribution in [-0.2, 0) is 0 Å². The summed E-state index contributed by atoms with van der Waals surface area (Å²) in [6.45, 7) is 1.77. The van der Waals surface area contributed by atoms with Crippen molar-refractivity contribution in [3.8, 4) is 5.75 Å². The number of aromatic hydroxyl groups is 1. The van der Waals surface area contributed by atoms with Gasteiger partial charge in [0.1, 0.15) is 24.2 Å². The second-order valence-corrected chi connectivity index (χ2v) is 4.90. The lowest BCUT2D eigenvalue weighted by Gasteiger charge is -2.17. The number of nitrogens with zero attached hydrogens (tertiary/aromatic N) is 3. The number of hydrogen-bond acceptors (Lipinski definition) is 3. The van der Waals surface area contributed by atoms with E-state index in [1.54, 1.807) is 32.3 Å². The molecule has 0 spiro atoms. The summed E-state index contributed by atoms with van der Waals surface area (Å²) in [5, 5.41) is 14.2. The Bertz CT molecular complexity index is 597. The van der Waals surface area contributed by atoms with Crippen molar-refractivity contribution in [1.82, 2.24) is 9.10 Å². The topological polar surface area (TPSA) is 45.5 Å². The first kappa shape index (κ1) is 13.5. The van der Waals surface area contributed by atoms with Crippen LogP contribution in [0.15, 0.2) is 53.8 Å². The molecule has 0 radical (unpaired) electrons. The van der Waals surface area contributed by atoms with E-state index in [2.05, 4.69) is 10.1 Å². The summed E-state index contributed by atoms with van der Waals surface area (Å²) in [6.07, 6.45) is 1.61. The SMILES string of the molecule is CC(=N[N+](C)(Cl)c1ccccc1)c1ncccc1O. The molecule has 98 valence electrons. The van der Waals surface area contributed by atoms with Gasteiger partial charge >= 0.3 is 0 Å². The van der Waals surface area contributed by atoms with Crippen LogP contribution in [0.1, 0.15) is 12.6 Å². The van der Waals surface area contributed by atoms with Crippen molar-refractivity contribution in [3.63, 3.8) is 0 Å². The molecule has 5 heteroatoms. The van der Waals surface area contributed by atoms with Gasteiger partial charge in [-0.3, -0.25) is 4.98 Å². The average molecular weight is 277 g/mol. The van der Waals surface area contributed by atoms with Gasteiger partial charge in [-0.2, -0.15) is 0 Å². The van der Waals surface area contributed by atoms with Crippen LogP contribution < -0.4 is 4.11 Å². The minimum atomic E-state index is -0.178. The molecule has 0 saturated heterocycles. The maximum Gasteiger partial charge on any atom is 0.203 e. The van der Waals surface area contributed by atoms with Crippen LogP contribution in [0.3, 0.4) is 0 Å². The van der Waals surface area contributed by atoms with Gasteiger partial charge in [0.25, 0.3) is 0 Å². The van der Waals surface area contributed by atoms with Crippen LogP contribution >= 0.6 is 11.8 Å². The number of pyridine rings is 1. The van der Waals surface area contributed by atoms with Crippen molar-refractivity contribution in [2.24, 2.45) is 5.10 Å². The monoisotopic (exact) mass is 276 g/mol. The Kier molecular flexibility index (Phi) is 3.83. The van der Waals surface area contributed by atoms with Crippen molar-refractivity contribution in [3.05, 3.63) is 54.4 Å². The molecule has 0 aliphatic carbocycles. The molecule has 0 fully saturated rings. The maximum absolute atomic E-state index is 9.75. The molecule has 1 aromatic carbocycles. The van der Waals surface area contributed by atoms with Gasteiger partial charge in [-0.25, -0.2) is 0 Å². The van der Waals surface area contributed by atoms with Gasteiger partial charge in [-0.15, -0.1) is 0 Å². The number of aromatic nitrogens is 1. The van der Waals surface area contributed by atoms with Gasteiger partial charge in [-0.1, -0.05) is 27.4 Å². The van der Waals surface area contributed by atoms with E-state index in [0.29, 0.717) is 11.4 Å². The van der Waals surface area contributed by atoms with Gasteiger partial charge in [0.15, 0.2) is 5.69 Å². The normalized spacial score (nSPS) is 15.0. The number of quaternary nitrogens is 1. The van der Waals surface area contributed by atoms with Gasteiger partial charge in [0, 0.05) is 18.3 Å². The van der Waals surface area contributed by atoms with Crippen molar-refractivity contribution in [2.45, 2.75) is 6.92 Å². The standard InChI is InChI=1S/C14H14ClN3O/c1-11(14-13(19)9-6-10-16-14)17-18(2,15)12-7-4-3-5-8-12/h3-10H,1-2H3/p+1. The lowest BCUT2D eigenvalue weighted by atomic mass is 10.2. The summed E-state index contributed by atoms with van der Waals surface area (Å²) < 4.78 is -0.178. The summed E-state index contributed by atoms with van der Waals surface area (Å²) in [5.41, 5.74) is 1.84. The second-order valence-electron chi connectivity index (χ2n) is 4.24. The molecule has 1 heterocycles. The predicted octanol–water partition coefficient (Wildman–Crippen LogP) is 3.30. The van der Waals surface area contributed by atoms with Gasteiger partial charge in [0.2, 0.25) is 11.8 Å². The summed E-state index contributed by atoms with van der Waals surface area (Å²) in [5.74, 6) is 0.0912. The maximum atomic E-state index is 9.75. The molecule has 0 aliphatic rings. The molecule has 1 unspecified atom stereocenters. The highest BCUT2D eigenvalue weighted by atomic mass is 35.5.